The second kappa shape index (κ2) is 5.48. The maximum absolute atomic E-state index is 13.6. The molecule has 2 aromatic carbocycles. The monoisotopic (exact) mass is 276 g/mol. The van der Waals surface area contributed by atoms with Gasteiger partial charge in [-0.1, -0.05) is 6.07 Å². The summed E-state index contributed by atoms with van der Waals surface area (Å²) >= 11 is 0. The van der Waals surface area contributed by atoms with Crippen molar-refractivity contribution in [2.45, 2.75) is 0 Å². The summed E-state index contributed by atoms with van der Waals surface area (Å²) in [5, 5.41) is 11.7. The highest BCUT2D eigenvalue weighted by Gasteiger charge is 2.13. The van der Waals surface area contributed by atoms with E-state index in [1.807, 2.05) is 0 Å². The van der Waals surface area contributed by atoms with Gasteiger partial charge in [-0.25, -0.2) is 9.18 Å². The van der Waals surface area contributed by atoms with Crippen LogP contribution in [0, 0.1) is 5.82 Å². The molecule has 0 atom stereocenters. The van der Waals surface area contributed by atoms with E-state index in [0.29, 0.717) is 17.1 Å². The predicted molar refractivity (Wildman–Crippen MR) is 74.0 cm³/mol. The SMILES string of the molecule is COc1cccc(Nc2cc(F)c(C(=O)O)cc2N)c1. The fraction of sp³-hybridized carbons (Fsp3) is 0.0714. The van der Waals surface area contributed by atoms with Gasteiger partial charge in [0.05, 0.1) is 24.0 Å². The Bertz CT molecular complexity index is 659. The largest absolute Gasteiger partial charge is 0.497 e. The molecular formula is C14H13FN2O3. The molecule has 0 amide bonds. The van der Waals surface area contributed by atoms with Gasteiger partial charge in [-0.15, -0.1) is 0 Å². The number of aromatic carboxylic acids is 1. The molecule has 4 N–H and O–H groups in total. The van der Waals surface area contributed by atoms with Crippen LogP contribution in [0.3, 0.4) is 0 Å². The molecule has 0 spiro atoms. The number of hydrogen-bond donors (Lipinski definition) is 3. The molecule has 0 saturated heterocycles. The molecule has 0 aliphatic heterocycles. The Morgan fingerprint density at radius 2 is 2.10 bits per heavy atom. The van der Waals surface area contributed by atoms with E-state index in [9.17, 15) is 9.18 Å². The summed E-state index contributed by atoms with van der Waals surface area (Å²) in [6.45, 7) is 0. The lowest BCUT2D eigenvalue weighted by Crippen LogP contribution is -2.05. The molecule has 0 saturated carbocycles. The van der Waals surface area contributed by atoms with Crippen molar-refractivity contribution < 1.29 is 19.0 Å². The van der Waals surface area contributed by atoms with Crippen molar-refractivity contribution >= 4 is 23.0 Å². The zero-order valence-corrected chi connectivity index (χ0v) is 10.7. The summed E-state index contributed by atoms with van der Waals surface area (Å²) in [5.41, 5.74) is 6.35. The Morgan fingerprint density at radius 3 is 2.75 bits per heavy atom. The first-order chi connectivity index (χ1) is 9.51. The van der Waals surface area contributed by atoms with Crippen LogP contribution >= 0.6 is 0 Å². The molecule has 5 nitrogen and oxygen atoms in total. The number of nitrogens with one attached hydrogen (secondary N) is 1. The third-order valence-electron chi connectivity index (χ3n) is 2.72. The highest BCUT2D eigenvalue weighted by atomic mass is 19.1. The molecule has 0 heterocycles. The van der Waals surface area contributed by atoms with Crippen LogP contribution in [0.5, 0.6) is 5.75 Å². The Hall–Kier alpha value is -2.76. The lowest BCUT2D eigenvalue weighted by molar-refractivity contribution is 0.0692. The second-order valence-electron chi connectivity index (χ2n) is 4.08. The number of methoxy groups -OCH3 is 1. The van der Waals surface area contributed by atoms with E-state index in [-0.39, 0.29) is 5.69 Å². The minimum absolute atomic E-state index is 0.145. The highest BCUT2D eigenvalue weighted by molar-refractivity contribution is 5.91. The molecule has 6 heteroatoms. The number of ether oxygens (including phenoxy) is 1. The number of carbonyl (C=O) groups is 1. The molecule has 104 valence electrons. The lowest BCUT2D eigenvalue weighted by Gasteiger charge is -2.11. The number of hydrogen-bond acceptors (Lipinski definition) is 4. The molecule has 0 aliphatic carbocycles. The van der Waals surface area contributed by atoms with Gasteiger partial charge in [0.25, 0.3) is 0 Å². The molecule has 0 unspecified atom stereocenters. The van der Waals surface area contributed by atoms with E-state index in [0.717, 1.165) is 12.1 Å². The maximum atomic E-state index is 13.6. The highest BCUT2D eigenvalue weighted by Crippen LogP contribution is 2.28. The molecule has 0 bridgehead atoms. The van der Waals surface area contributed by atoms with E-state index in [4.69, 9.17) is 15.6 Å². The van der Waals surface area contributed by atoms with Gasteiger partial charge in [-0.05, 0) is 18.2 Å². The molecule has 20 heavy (non-hydrogen) atoms. The smallest absolute Gasteiger partial charge is 0.338 e. The molecule has 2 aromatic rings. The van der Waals surface area contributed by atoms with Gasteiger partial charge in [0.2, 0.25) is 0 Å². The fourth-order valence-electron chi connectivity index (χ4n) is 1.72. The van der Waals surface area contributed by atoms with E-state index in [1.165, 1.54) is 7.11 Å². The maximum Gasteiger partial charge on any atom is 0.338 e. The molecule has 0 fully saturated rings. The van der Waals surface area contributed by atoms with Crippen molar-refractivity contribution in [1.29, 1.82) is 0 Å². The van der Waals surface area contributed by atoms with Gasteiger partial charge in [-0.3, -0.25) is 0 Å². The number of anilines is 3. The van der Waals surface area contributed by atoms with Crippen LogP contribution in [0.4, 0.5) is 21.5 Å². The lowest BCUT2D eigenvalue weighted by atomic mass is 10.1. The summed E-state index contributed by atoms with van der Waals surface area (Å²) in [6, 6.07) is 9.13. The number of rotatable bonds is 4. The normalized spacial score (nSPS) is 10.1. The predicted octanol–water partition coefficient (Wildman–Crippen LogP) is 2.86. The first kappa shape index (κ1) is 13.7. The summed E-state index contributed by atoms with van der Waals surface area (Å²) in [7, 11) is 1.54. The summed E-state index contributed by atoms with van der Waals surface area (Å²) in [6.07, 6.45) is 0. The number of benzene rings is 2. The van der Waals surface area contributed by atoms with Crippen LogP contribution in [-0.4, -0.2) is 18.2 Å². The first-order valence-electron chi connectivity index (χ1n) is 5.74. The quantitative estimate of drug-likeness (QED) is 0.748. The van der Waals surface area contributed by atoms with Gasteiger partial charge in [0.1, 0.15) is 11.6 Å². The van der Waals surface area contributed by atoms with E-state index in [1.54, 1.807) is 24.3 Å². The number of nitrogens with two attached hydrogens (primary N) is 1. The third kappa shape index (κ3) is 2.80. The van der Waals surface area contributed by atoms with Crippen molar-refractivity contribution in [3.8, 4) is 5.75 Å². The third-order valence-corrected chi connectivity index (χ3v) is 2.72. The zero-order chi connectivity index (χ0) is 14.7. The van der Waals surface area contributed by atoms with Gasteiger partial charge < -0.3 is 20.9 Å². The summed E-state index contributed by atoms with van der Waals surface area (Å²) in [5.74, 6) is -1.57. The van der Waals surface area contributed by atoms with Crippen LogP contribution in [0.2, 0.25) is 0 Å². The van der Waals surface area contributed by atoms with Gasteiger partial charge >= 0.3 is 5.97 Å². The van der Waals surface area contributed by atoms with Crippen molar-refractivity contribution in [2.75, 3.05) is 18.2 Å². The van der Waals surface area contributed by atoms with Crippen LogP contribution in [0.1, 0.15) is 10.4 Å². The van der Waals surface area contributed by atoms with Crippen molar-refractivity contribution in [3.05, 3.63) is 47.8 Å². The summed E-state index contributed by atoms with van der Waals surface area (Å²) in [4.78, 5) is 10.8. The molecular weight excluding hydrogens is 263 g/mol. The zero-order valence-electron chi connectivity index (χ0n) is 10.7. The van der Waals surface area contributed by atoms with Crippen molar-refractivity contribution in [3.63, 3.8) is 0 Å². The topological polar surface area (TPSA) is 84.6 Å². The minimum Gasteiger partial charge on any atom is -0.497 e. The molecule has 0 aliphatic rings. The average Bonchev–Trinajstić information content (AvgIpc) is 2.42. The second-order valence-corrected chi connectivity index (χ2v) is 4.08. The Labute approximate surface area is 114 Å². The van der Waals surface area contributed by atoms with Gasteiger partial charge in [0.15, 0.2) is 0 Å². The Morgan fingerprint density at radius 1 is 1.35 bits per heavy atom. The number of carboxylic acids is 1. The van der Waals surface area contributed by atoms with Crippen LogP contribution < -0.4 is 15.8 Å². The minimum atomic E-state index is -1.36. The number of nitrogen functional groups attached to an aromatic ring is 1. The molecule has 2 rings (SSSR count). The van der Waals surface area contributed by atoms with Crippen LogP contribution in [-0.2, 0) is 0 Å². The van der Waals surface area contributed by atoms with Crippen molar-refractivity contribution in [2.24, 2.45) is 0 Å². The first-order valence-corrected chi connectivity index (χ1v) is 5.74. The van der Waals surface area contributed by atoms with Crippen LogP contribution in [0.25, 0.3) is 0 Å². The fourth-order valence-corrected chi connectivity index (χ4v) is 1.72. The van der Waals surface area contributed by atoms with E-state index >= 15 is 0 Å². The van der Waals surface area contributed by atoms with E-state index in [2.05, 4.69) is 5.32 Å². The number of carboxylic acid groups (broad SMARTS) is 1. The van der Waals surface area contributed by atoms with Gasteiger partial charge in [-0.2, -0.15) is 0 Å². The average molecular weight is 276 g/mol. The van der Waals surface area contributed by atoms with E-state index < -0.39 is 17.3 Å². The Balaban J connectivity index is 2.34. The standard InChI is InChI=1S/C14H13FN2O3/c1-20-9-4-2-3-8(5-9)17-13-7-11(15)10(14(18)19)6-12(13)16/h2-7,17H,16H2,1H3,(H,18,19). The van der Waals surface area contributed by atoms with Crippen LogP contribution in [0.15, 0.2) is 36.4 Å². The molecule has 0 radical (unpaired) electrons. The summed E-state index contributed by atoms with van der Waals surface area (Å²) < 4.78 is 18.7. The van der Waals surface area contributed by atoms with Gasteiger partial charge in [0, 0.05) is 17.8 Å². The van der Waals surface area contributed by atoms with Crippen molar-refractivity contribution in [1.82, 2.24) is 0 Å². The molecule has 0 aromatic heterocycles. The number of halogens is 1. The Kier molecular flexibility index (Phi) is 3.74.